The van der Waals surface area contributed by atoms with Crippen molar-refractivity contribution in [1.29, 1.82) is 0 Å². The Morgan fingerprint density at radius 1 is 1.00 bits per heavy atom. The second kappa shape index (κ2) is 8.46. The van der Waals surface area contributed by atoms with Crippen molar-refractivity contribution in [2.24, 2.45) is 0 Å². The van der Waals surface area contributed by atoms with Crippen LogP contribution in [0.25, 0.3) is 33.5 Å². The molecule has 11 heteroatoms. The molecule has 2 aromatic carbocycles. The first-order chi connectivity index (χ1) is 15.9. The number of rotatable bonds is 7. The summed E-state index contributed by atoms with van der Waals surface area (Å²) in [4.78, 5) is 27.1. The van der Waals surface area contributed by atoms with Gasteiger partial charge in [-0.3, -0.25) is 15.2 Å². The SMILES string of the molecule is COc1cc(OC)c(-c2cc(C(=O)O)c3c(-c4ccc([N+](=O)[O-])cc4)[nH]nc3n2)cc1OC. The molecule has 0 unspecified atom stereocenters. The van der Waals surface area contributed by atoms with E-state index in [2.05, 4.69) is 15.2 Å². The Hall–Kier alpha value is -4.67. The molecule has 2 N–H and O–H groups in total. The Labute approximate surface area is 186 Å². The Morgan fingerprint density at radius 3 is 2.21 bits per heavy atom. The predicted octanol–water partition coefficient (Wildman–Crippen LogP) is 3.92. The van der Waals surface area contributed by atoms with Gasteiger partial charge in [0, 0.05) is 29.3 Å². The van der Waals surface area contributed by atoms with Gasteiger partial charge >= 0.3 is 5.97 Å². The predicted molar refractivity (Wildman–Crippen MR) is 118 cm³/mol. The number of H-pyrrole nitrogens is 1. The van der Waals surface area contributed by atoms with Crippen molar-refractivity contribution in [3.63, 3.8) is 0 Å². The van der Waals surface area contributed by atoms with Crippen LogP contribution in [0, 0.1) is 10.1 Å². The molecule has 11 nitrogen and oxygen atoms in total. The van der Waals surface area contributed by atoms with E-state index in [-0.39, 0.29) is 22.3 Å². The van der Waals surface area contributed by atoms with Crippen molar-refractivity contribution in [2.45, 2.75) is 0 Å². The van der Waals surface area contributed by atoms with Gasteiger partial charge in [0.2, 0.25) is 0 Å². The molecule has 4 aromatic rings. The first-order valence-corrected chi connectivity index (χ1v) is 9.55. The molecule has 0 aliphatic heterocycles. The van der Waals surface area contributed by atoms with E-state index in [1.165, 1.54) is 51.7 Å². The van der Waals surface area contributed by atoms with Crippen molar-refractivity contribution in [1.82, 2.24) is 15.2 Å². The lowest BCUT2D eigenvalue weighted by molar-refractivity contribution is -0.384. The summed E-state index contributed by atoms with van der Waals surface area (Å²) in [7, 11) is 4.45. The Kier molecular flexibility index (Phi) is 5.53. The minimum Gasteiger partial charge on any atom is -0.496 e. The normalized spacial score (nSPS) is 10.8. The van der Waals surface area contributed by atoms with Crippen LogP contribution in [0.2, 0.25) is 0 Å². The number of aromatic amines is 1. The van der Waals surface area contributed by atoms with Crippen LogP contribution in [-0.2, 0) is 0 Å². The fourth-order valence-corrected chi connectivity index (χ4v) is 3.52. The fraction of sp³-hybridized carbons (Fsp3) is 0.136. The lowest BCUT2D eigenvalue weighted by Gasteiger charge is -2.14. The number of aromatic nitrogens is 3. The molecule has 2 aromatic heterocycles. The van der Waals surface area contributed by atoms with E-state index in [4.69, 9.17) is 14.2 Å². The van der Waals surface area contributed by atoms with Gasteiger partial charge in [0.15, 0.2) is 17.1 Å². The summed E-state index contributed by atoms with van der Waals surface area (Å²) < 4.78 is 16.1. The molecule has 0 aliphatic carbocycles. The number of nitrogens with one attached hydrogen (secondary N) is 1. The van der Waals surface area contributed by atoms with E-state index in [1.807, 2.05) is 0 Å². The average molecular weight is 450 g/mol. The Bertz CT molecular complexity index is 1380. The number of nitrogens with zero attached hydrogens (tertiary/aromatic N) is 3. The number of carboxylic acid groups (broad SMARTS) is 1. The number of hydrogen-bond acceptors (Lipinski definition) is 8. The van der Waals surface area contributed by atoms with Gasteiger partial charge in [-0.1, -0.05) is 0 Å². The molecular weight excluding hydrogens is 432 g/mol. The maximum atomic E-state index is 12.2. The molecule has 0 saturated heterocycles. The van der Waals surface area contributed by atoms with Crippen LogP contribution in [-0.4, -0.2) is 52.5 Å². The second-order valence-electron chi connectivity index (χ2n) is 6.87. The number of nitro groups is 1. The third kappa shape index (κ3) is 3.76. The summed E-state index contributed by atoms with van der Waals surface area (Å²) >= 11 is 0. The first kappa shape index (κ1) is 21.6. The number of carboxylic acids is 1. The molecule has 0 spiro atoms. The molecule has 0 fully saturated rings. The molecule has 0 amide bonds. The molecule has 2 heterocycles. The largest absolute Gasteiger partial charge is 0.496 e. The number of benzene rings is 2. The molecule has 0 radical (unpaired) electrons. The second-order valence-corrected chi connectivity index (χ2v) is 6.87. The maximum absolute atomic E-state index is 12.2. The number of methoxy groups -OCH3 is 3. The summed E-state index contributed by atoms with van der Waals surface area (Å²) in [6.07, 6.45) is 0. The standard InChI is InChI=1S/C22H18N4O7/c1-31-16-10-18(33-3)17(32-2)9-13(16)15-8-14(22(27)28)19-20(24-25-21(19)23-15)11-4-6-12(7-5-11)26(29)30/h4-10H,1-3H3,(H,27,28)(H,23,24,25). The highest BCUT2D eigenvalue weighted by Crippen LogP contribution is 2.41. The van der Waals surface area contributed by atoms with Crippen molar-refractivity contribution in [2.75, 3.05) is 21.3 Å². The Balaban J connectivity index is 1.93. The van der Waals surface area contributed by atoms with Crippen molar-refractivity contribution in [3.8, 4) is 39.8 Å². The van der Waals surface area contributed by atoms with Gasteiger partial charge in [-0.15, -0.1) is 0 Å². The zero-order valence-corrected chi connectivity index (χ0v) is 17.8. The number of ether oxygens (including phenoxy) is 3. The van der Waals surface area contributed by atoms with Gasteiger partial charge in [0.25, 0.3) is 5.69 Å². The highest BCUT2D eigenvalue weighted by Gasteiger charge is 2.22. The van der Waals surface area contributed by atoms with Gasteiger partial charge < -0.3 is 19.3 Å². The molecule has 0 bridgehead atoms. The summed E-state index contributed by atoms with van der Waals surface area (Å²) in [6.45, 7) is 0. The zero-order chi connectivity index (χ0) is 23.7. The quantitative estimate of drug-likeness (QED) is 0.315. The number of carbonyl (C=O) groups is 1. The van der Waals surface area contributed by atoms with Gasteiger partial charge in [-0.25, -0.2) is 9.78 Å². The smallest absolute Gasteiger partial charge is 0.336 e. The number of pyridine rings is 1. The van der Waals surface area contributed by atoms with Crippen molar-refractivity contribution < 1.29 is 29.0 Å². The number of hydrogen-bond donors (Lipinski definition) is 2. The minimum absolute atomic E-state index is 0.0473. The highest BCUT2D eigenvalue weighted by molar-refractivity contribution is 6.08. The summed E-state index contributed by atoms with van der Waals surface area (Å²) in [6, 6.07) is 10.4. The first-order valence-electron chi connectivity index (χ1n) is 9.55. The van der Waals surface area contributed by atoms with Crippen LogP contribution in [0.1, 0.15) is 10.4 Å². The summed E-state index contributed by atoms with van der Waals surface area (Å²) in [5, 5.41) is 28.1. The van der Waals surface area contributed by atoms with Crippen LogP contribution >= 0.6 is 0 Å². The van der Waals surface area contributed by atoms with Crippen LogP contribution in [0.3, 0.4) is 0 Å². The summed E-state index contributed by atoms with van der Waals surface area (Å²) in [5.74, 6) is 0.0770. The van der Waals surface area contributed by atoms with Crippen LogP contribution in [0.4, 0.5) is 5.69 Å². The number of non-ortho nitro benzene ring substituents is 1. The molecule has 4 rings (SSSR count). The van der Waals surface area contributed by atoms with E-state index < -0.39 is 10.9 Å². The van der Waals surface area contributed by atoms with Gasteiger partial charge in [-0.05, 0) is 24.3 Å². The molecule has 33 heavy (non-hydrogen) atoms. The molecule has 0 aliphatic rings. The van der Waals surface area contributed by atoms with E-state index in [0.29, 0.717) is 39.8 Å². The summed E-state index contributed by atoms with van der Waals surface area (Å²) in [5.41, 5.74) is 1.74. The van der Waals surface area contributed by atoms with Crippen LogP contribution < -0.4 is 14.2 Å². The van der Waals surface area contributed by atoms with Gasteiger partial charge in [0.05, 0.1) is 48.6 Å². The number of fused-ring (bicyclic) bond motifs is 1. The highest BCUT2D eigenvalue weighted by atomic mass is 16.6. The van der Waals surface area contributed by atoms with Gasteiger partial charge in [-0.2, -0.15) is 5.10 Å². The van der Waals surface area contributed by atoms with Gasteiger partial charge in [0.1, 0.15) is 5.75 Å². The molecule has 168 valence electrons. The van der Waals surface area contributed by atoms with E-state index in [9.17, 15) is 20.0 Å². The Morgan fingerprint density at radius 2 is 1.64 bits per heavy atom. The molecular formula is C22H18N4O7. The third-order valence-electron chi connectivity index (χ3n) is 5.10. The van der Waals surface area contributed by atoms with E-state index in [0.717, 1.165) is 0 Å². The monoisotopic (exact) mass is 450 g/mol. The van der Waals surface area contributed by atoms with E-state index >= 15 is 0 Å². The lowest BCUT2D eigenvalue weighted by Crippen LogP contribution is -2.01. The van der Waals surface area contributed by atoms with Crippen LogP contribution in [0.15, 0.2) is 42.5 Å². The topological polar surface area (TPSA) is 150 Å². The van der Waals surface area contributed by atoms with Crippen molar-refractivity contribution in [3.05, 3.63) is 58.1 Å². The third-order valence-corrected chi connectivity index (χ3v) is 5.10. The number of nitro benzene ring substituents is 1. The zero-order valence-electron chi connectivity index (χ0n) is 17.8. The van der Waals surface area contributed by atoms with Crippen LogP contribution in [0.5, 0.6) is 17.2 Å². The maximum Gasteiger partial charge on any atom is 0.336 e. The minimum atomic E-state index is -1.19. The molecule has 0 atom stereocenters. The number of aromatic carboxylic acids is 1. The fourth-order valence-electron chi connectivity index (χ4n) is 3.52. The molecule has 0 saturated carbocycles. The van der Waals surface area contributed by atoms with E-state index in [1.54, 1.807) is 12.1 Å². The van der Waals surface area contributed by atoms with Crippen molar-refractivity contribution >= 4 is 22.7 Å². The lowest BCUT2D eigenvalue weighted by atomic mass is 10.0. The average Bonchev–Trinajstić information content (AvgIpc) is 3.26.